The zero-order valence-electron chi connectivity index (χ0n) is 17.7. The Kier molecular flexibility index (Phi) is 5.68. The van der Waals surface area contributed by atoms with Crippen molar-refractivity contribution in [2.75, 3.05) is 10.2 Å². The highest BCUT2D eigenvalue weighted by Crippen LogP contribution is 2.35. The van der Waals surface area contributed by atoms with E-state index in [1.165, 1.54) is 12.1 Å². The summed E-state index contributed by atoms with van der Waals surface area (Å²) in [4.78, 5) is 27.8. The van der Waals surface area contributed by atoms with Gasteiger partial charge in [0.2, 0.25) is 0 Å². The Labute approximate surface area is 188 Å². The van der Waals surface area contributed by atoms with Gasteiger partial charge in [-0.05, 0) is 54.8 Å². The Balaban J connectivity index is 1.79. The number of ether oxygens (including phenoxy) is 1. The van der Waals surface area contributed by atoms with Gasteiger partial charge in [0.15, 0.2) is 0 Å². The fourth-order valence-electron chi connectivity index (χ4n) is 3.54. The monoisotopic (exact) mass is 452 g/mol. The molecule has 3 aromatic carbocycles. The van der Waals surface area contributed by atoms with Gasteiger partial charge in [-0.3, -0.25) is 9.59 Å². The smallest absolute Gasteiger partial charge is 0.406 e. The summed E-state index contributed by atoms with van der Waals surface area (Å²) in [6.07, 6.45) is -4.86. The molecule has 0 saturated heterocycles. The predicted octanol–water partition coefficient (Wildman–Crippen LogP) is 5.60. The number of imide groups is 1. The van der Waals surface area contributed by atoms with Gasteiger partial charge in [-0.25, -0.2) is 4.90 Å². The van der Waals surface area contributed by atoms with Crippen molar-refractivity contribution in [3.8, 4) is 5.75 Å². The number of hydrogen-bond donors (Lipinski definition) is 1. The Morgan fingerprint density at radius 2 is 1.55 bits per heavy atom. The molecule has 0 bridgehead atoms. The Morgan fingerprint density at radius 1 is 0.818 bits per heavy atom. The molecule has 1 aliphatic rings. The first-order valence-electron chi connectivity index (χ1n) is 10.0. The third-order valence-electron chi connectivity index (χ3n) is 5.23. The number of rotatable bonds is 5. The number of anilines is 2. The molecule has 2 amide bonds. The summed E-state index contributed by atoms with van der Waals surface area (Å²) in [6.45, 7) is 3.82. The van der Waals surface area contributed by atoms with E-state index in [1.807, 2.05) is 19.9 Å². The molecule has 1 heterocycles. The van der Waals surface area contributed by atoms with Crippen molar-refractivity contribution >= 4 is 28.8 Å². The first-order valence-corrected chi connectivity index (χ1v) is 10.0. The van der Waals surface area contributed by atoms with Crippen molar-refractivity contribution in [3.63, 3.8) is 0 Å². The van der Waals surface area contributed by atoms with E-state index in [9.17, 15) is 22.8 Å². The number of carbonyl (C=O) groups is 2. The molecule has 8 heteroatoms. The van der Waals surface area contributed by atoms with Gasteiger partial charge in [0.25, 0.3) is 11.8 Å². The summed E-state index contributed by atoms with van der Waals surface area (Å²) in [6, 6.07) is 18.9. The molecule has 0 spiro atoms. The summed E-state index contributed by atoms with van der Waals surface area (Å²) in [5.41, 5.74) is 3.13. The molecule has 33 heavy (non-hydrogen) atoms. The molecule has 168 valence electrons. The fraction of sp³-hybridized carbons (Fsp3) is 0.120. The summed E-state index contributed by atoms with van der Waals surface area (Å²) in [7, 11) is 0. The second kappa shape index (κ2) is 8.46. The largest absolute Gasteiger partial charge is 0.573 e. The third-order valence-corrected chi connectivity index (χ3v) is 5.23. The second-order valence-corrected chi connectivity index (χ2v) is 7.53. The lowest BCUT2D eigenvalue weighted by molar-refractivity contribution is -0.274. The Bertz CT molecular complexity index is 1270. The lowest BCUT2D eigenvalue weighted by Gasteiger charge is -2.15. The summed E-state index contributed by atoms with van der Waals surface area (Å²) in [5.74, 6) is -1.58. The number of halogens is 3. The van der Waals surface area contributed by atoms with Crippen LogP contribution in [-0.4, -0.2) is 18.2 Å². The number of nitrogens with one attached hydrogen (secondary N) is 1. The molecule has 3 aromatic rings. The van der Waals surface area contributed by atoms with Crippen LogP contribution in [0.5, 0.6) is 5.75 Å². The molecular weight excluding hydrogens is 433 g/mol. The molecule has 0 radical (unpaired) electrons. The minimum atomic E-state index is -4.86. The van der Waals surface area contributed by atoms with Crippen LogP contribution in [0.2, 0.25) is 0 Å². The number of aryl methyl sites for hydroxylation is 2. The quantitative estimate of drug-likeness (QED) is 0.512. The van der Waals surface area contributed by atoms with Crippen LogP contribution >= 0.6 is 0 Å². The van der Waals surface area contributed by atoms with Gasteiger partial charge in [0.1, 0.15) is 11.4 Å². The van der Waals surface area contributed by atoms with Gasteiger partial charge < -0.3 is 10.1 Å². The topological polar surface area (TPSA) is 58.6 Å². The number of carbonyl (C=O) groups excluding carboxylic acids is 2. The van der Waals surface area contributed by atoms with E-state index in [0.717, 1.165) is 28.2 Å². The molecule has 0 unspecified atom stereocenters. The van der Waals surface area contributed by atoms with E-state index in [-0.39, 0.29) is 17.0 Å². The van der Waals surface area contributed by atoms with Crippen LogP contribution in [0, 0.1) is 13.8 Å². The first-order chi connectivity index (χ1) is 15.6. The molecule has 4 rings (SSSR count). The molecular formula is C25H19F3N2O3. The minimum Gasteiger partial charge on any atom is -0.406 e. The van der Waals surface area contributed by atoms with Crippen molar-refractivity contribution in [3.05, 3.63) is 95.2 Å². The molecule has 0 aliphatic carbocycles. The summed E-state index contributed by atoms with van der Waals surface area (Å²) >= 11 is 0. The maximum Gasteiger partial charge on any atom is 0.573 e. The highest BCUT2D eigenvalue weighted by molar-refractivity contribution is 6.46. The van der Waals surface area contributed by atoms with Crippen molar-refractivity contribution in [2.45, 2.75) is 20.2 Å². The van der Waals surface area contributed by atoms with E-state index < -0.39 is 23.9 Å². The van der Waals surface area contributed by atoms with Crippen LogP contribution < -0.4 is 15.0 Å². The van der Waals surface area contributed by atoms with E-state index in [4.69, 9.17) is 0 Å². The van der Waals surface area contributed by atoms with E-state index in [2.05, 4.69) is 10.1 Å². The number of benzene rings is 3. The number of amides is 2. The summed E-state index contributed by atoms with van der Waals surface area (Å²) < 4.78 is 41.8. The lowest BCUT2D eigenvalue weighted by Crippen LogP contribution is -2.32. The van der Waals surface area contributed by atoms with Gasteiger partial charge in [0.05, 0.1) is 11.3 Å². The Morgan fingerprint density at radius 3 is 2.21 bits per heavy atom. The number of alkyl halides is 3. The normalized spacial score (nSPS) is 14.2. The zero-order chi connectivity index (χ0) is 23.8. The predicted molar refractivity (Wildman–Crippen MR) is 119 cm³/mol. The van der Waals surface area contributed by atoms with Crippen LogP contribution in [0.25, 0.3) is 5.57 Å². The maximum absolute atomic E-state index is 13.4. The second-order valence-electron chi connectivity index (χ2n) is 7.53. The van der Waals surface area contributed by atoms with Crippen LogP contribution in [0.15, 0.2) is 78.5 Å². The van der Waals surface area contributed by atoms with Crippen LogP contribution in [0.4, 0.5) is 24.5 Å². The van der Waals surface area contributed by atoms with E-state index >= 15 is 0 Å². The third kappa shape index (κ3) is 4.59. The van der Waals surface area contributed by atoms with E-state index in [1.54, 1.807) is 42.5 Å². The fourth-order valence-corrected chi connectivity index (χ4v) is 3.54. The lowest BCUT2D eigenvalue weighted by atomic mass is 9.99. The molecule has 0 saturated carbocycles. The van der Waals surface area contributed by atoms with Gasteiger partial charge in [-0.15, -0.1) is 13.2 Å². The van der Waals surface area contributed by atoms with Crippen molar-refractivity contribution in [1.29, 1.82) is 0 Å². The molecule has 0 aromatic heterocycles. The van der Waals surface area contributed by atoms with Crippen molar-refractivity contribution in [2.24, 2.45) is 0 Å². The highest BCUT2D eigenvalue weighted by Gasteiger charge is 2.40. The maximum atomic E-state index is 13.4. The average molecular weight is 452 g/mol. The van der Waals surface area contributed by atoms with Crippen molar-refractivity contribution < 1.29 is 27.5 Å². The molecule has 1 N–H and O–H groups in total. The first kappa shape index (κ1) is 22.1. The number of nitrogens with zero attached hydrogens (tertiary/aromatic N) is 1. The summed E-state index contributed by atoms with van der Waals surface area (Å²) in [5, 5.41) is 2.85. The van der Waals surface area contributed by atoms with E-state index in [0.29, 0.717) is 11.3 Å². The van der Waals surface area contributed by atoms with Crippen LogP contribution in [-0.2, 0) is 9.59 Å². The zero-order valence-corrected chi connectivity index (χ0v) is 17.7. The van der Waals surface area contributed by atoms with Crippen LogP contribution in [0.3, 0.4) is 0 Å². The van der Waals surface area contributed by atoms with Gasteiger partial charge in [-0.2, -0.15) is 0 Å². The number of hydrogen-bond acceptors (Lipinski definition) is 4. The average Bonchev–Trinajstić information content (AvgIpc) is 2.99. The number of para-hydroxylation sites is 1. The molecule has 0 fully saturated rings. The molecule has 0 atom stereocenters. The molecule has 1 aliphatic heterocycles. The van der Waals surface area contributed by atoms with Gasteiger partial charge >= 0.3 is 6.36 Å². The minimum absolute atomic E-state index is 0.0312. The highest BCUT2D eigenvalue weighted by atomic mass is 19.4. The van der Waals surface area contributed by atoms with Gasteiger partial charge in [0, 0.05) is 11.8 Å². The van der Waals surface area contributed by atoms with Crippen molar-refractivity contribution in [1.82, 2.24) is 0 Å². The Hall–Kier alpha value is -4.07. The standard InChI is InChI=1S/C25H19F3N2O3/c1-15-11-12-17(13-16(15)2)21-22(24(32)30(23(21)31)19-8-4-3-5-9-19)29-18-7-6-10-20(14-18)33-25(26,27)28/h3-14,29H,1-2H3. The SMILES string of the molecule is Cc1ccc(C2=C(Nc3cccc(OC(F)(F)F)c3)C(=O)N(c3ccccc3)C2=O)cc1C. The molecule has 5 nitrogen and oxygen atoms in total. The van der Waals surface area contributed by atoms with Gasteiger partial charge in [-0.1, -0.05) is 42.5 Å². The van der Waals surface area contributed by atoms with Crippen LogP contribution in [0.1, 0.15) is 16.7 Å².